The average molecular weight is 182 g/mol. The Morgan fingerprint density at radius 2 is 2.08 bits per heavy atom. The SMILES string of the molecule is CC.O[C@H]1CCC2=CCCC[C@H]2C1. The fourth-order valence-electron chi connectivity index (χ4n) is 2.36. The Kier molecular flexibility index (Phi) is 4.51. The summed E-state index contributed by atoms with van der Waals surface area (Å²) in [5, 5.41) is 9.42. The average Bonchev–Trinajstić information content (AvgIpc) is 2.21. The first kappa shape index (κ1) is 10.8. The summed E-state index contributed by atoms with van der Waals surface area (Å²) >= 11 is 0. The molecular formula is C12H22O. The molecule has 2 rings (SSSR count). The van der Waals surface area contributed by atoms with E-state index in [9.17, 15) is 5.11 Å². The number of hydrogen-bond acceptors (Lipinski definition) is 1. The molecule has 2 aliphatic carbocycles. The molecule has 0 unspecified atom stereocenters. The molecule has 1 N–H and O–H groups in total. The van der Waals surface area contributed by atoms with Gasteiger partial charge in [0.1, 0.15) is 0 Å². The maximum absolute atomic E-state index is 9.42. The van der Waals surface area contributed by atoms with E-state index in [4.69, 9.17) is 0 Å². The third-order valence-electron chi connectivity index (χ3n) is 3.01. The van der Waals surface area contributed by atoms with Crippen LogP contribution >= 0.6 is 0 Å². The van der Waals surface area contributed by atoms with Crippen LogP contribution in [-0.2, 0) is 0 Å². The van der Waals surface area contributed by atoms with Gasteiger partial charge in [0, 0.05) is 0 Å². The second-order valence-corrected chi connectivity index (χ2v) is 3.84. The minimum Gasteiger partial charge on any atom is -0.393 e. The monoisotopic (exact) mass is 182 g/mol. The summed E-state index contributed by atoms with van der Waals surface area (Å²) in [5.41, 5.74) is 1.64. The van der Waals surface area contributed by atoms with Gasteiger partial charge in [0.2, 0.25) is 0 Å². The Balaban J connectivity index is 0.000000396. The van der Waals surface area contributed by atoms with E-state index in [0.29, 0.717) is 0 Å². The number of hydrogen-bond donors (Lipinski definition) is 1. The zero-order valence-corrected chi connectivity index (χ0v) is 8.92. The first-order valence-corrected chi connectivity index (χ1v) is 5.73. The van der Waals surface area contributed by atoms with Crippen molar-refractivity contribution in [1.82, 2.24) is 0 Å². The Hall–Kier alpha value is -0.300. The smallest absolute Gasteiger partial charge is 0.0549 e. The van der Waals surface area contributed by atoms with E-state index in [1.165, 1.54) is 19.3 Å². The summed E-state index contributed by atoms with van der Waals surface area (Å²) in [7, 11) is 0. The minimum atomic E-state index is -0.00440. The highest BCUT2D eigenvalue weighted by Crippen LogP contribution is 2.36. The van der Waals surface area contributed by atoms with Crippen LogP contribution in [0.1, 0.15) is 52.4 Å². The van der Waals surface area contributed by atoms with Gasteiger partial charge in [-0.2, -0.15) is 0 Å². The number of allylic oxidation sites excluding steroid dienone is 2. The molecule has 0 bridgehead atoms. The van der Waals surface area contributed by atoms with Crippen LogP contribution < -0.4 is 0 Å². The number of aliphatic hydroxyl groups excluding tert-OH is 1. The van der Waals surface area contributed by atoms with Crippen molar-refractivity contribution < 1.29 is 5.11 Å². The highest BCUT2D eigenvalue weighted by molar-refractivity contribution is 5.12. The number of rotatable bonds is 0. The summed E-state index contributed by atoms with van der Waals surface area (Å²) < 4.78 is 0. The van der Waals surface area contributed by atoms with Gasteiger partial charge in [0.05, 0.1) is 6.10 Å². The van der Waals surface area contributed by atoms with E-state index < -0.39 is 0 Å². The molecule has 0 saturated heterocycles. The van der Waals surface area contributed by atoms with Gasteiger partial charge < -0.3 is 5.11 Å². The largest absolute Gasteiger partial charge is 0.393 e. The van der Waals surface area contributed by atoms with Crippen LogP contribution in [0, 0.1) is 5.92 Å². The van der Waals surface area contributed by atoms with Crippen LogP contribution in [0.15, 0.2) is 11.6 Å². The Morgan fingerprint density at radius 3 is 2.85 bits per heavy atom. The maximum atomic E-state index is 9.42. The molecule has 0 aliphatic heterocycles. The Bertz CT molecular complexity index is 172. The zero-order valence-electron chi connectivity index (χ0n) is 8.92. The summed E-state index contributed by atoms with van der Waals surface area (Å²) in [5.74, 6) is 0.743. The van der Waals surface area contributed by atoms with Crippen LogP contribution in [0.2, 0.25) is 0 Å². The van der Waals surface area contributed by atoms with Gasteiger partial charge in [-0.3, -0.25) is 0 Å². The lowest BCUT2D eigenvalue weighted by Crippen LogP contribution is -2.23. The van der Waals surface area contributed by atoms with Gasteiger partial charge in [-0.15, -0.1) is 0 Å². The van der Waals surface area contributed by atoms with Gasteiger partial charge in [0.25, 0.3) is 0 Å². The van der Waals surface area contributed by atoms with Crippen molar-refractivity contribution >= 4 is 0 Å². The van der Waals surface area contributed by atoms with Crippen LogP contribution in [0.25, 0.3) is 0 Å². The predicted molar refractivity (Wildman–Crippen MR) is 56.6 cm³/mol. The van der Waals surface area contributed by atoms with Crippen molar-refractivity contribution in [2.24, 2.45) is 5.92 Å². The third-order valence-corrected chi connectivity index (χ3v) is 3.01. The molecule has 1 fully saturated rings. The summed E-state index contributed by atoms with van der Waals surface area (Å²) in [4.78, 5) is 0. The number of aliphatic hydroxyl groups is 1. The molecular weight excluding hydrogens is 160 g/mol. The van der Waals surface area contributed by atoms with Crippen LogP contribution in [0.5, 0.6) is 0 Å². The molecule has 0 heterocycles. The first-order valence-electron chi connectivity index (χ1n) is 5.73. The molecule has 13 heavy (non-hydrogen) atoms. The van der Waals surface area contributed by atoms with E-state index in [1.807, 2.05) is 13.8 Å². The molecule has 76 valence electrons. The normalized spacial score (nSPS) is 32.4. The number of fused-ring (bicyclic) bond motifs is 1. The second-order valence-electron chi connectivity index (χ2n) is 3.84. The standard InChI is InChI=1S/C10H16O.C2H6/c11-10-6-5-8-3-1-2-4-9(8)7-10;1-2/h3,9-11H,1-2,4-7H2;1-2H3/t9-,10-;/m0./s1. The van der Waals surface area contributed by atoms with Gasteiger partial charge in [0.15, 0.2) is 0 Å². The quantitative estimate of drug-likeness (QED) is 0.570. The van der Waals surface area contributed by atoms with E-state index in [-0.39, 0.29) is 6.10 Å². The Morgan fingerprint density at radius 1 is 1.31 bits per heavy atom. The maximum Gasteiger partial charge on any atom is 0.0549 e. The molecule has 0 aromatic rings. The van der Waals surface area contributed by atoms with E-state index >= 15 is 0 Å². The van der Waals surface area contributed by atoms with Gasteiger partial charge in [-0.25, -0.2) is 0 Å². The molecule has 1 nitrogen and oxygen atoms in total. The van der Waals surface area contributed by atoms with E-state index in [2.05, 4.69) is 6.08 Å². The van der Waals surface area contributed by atoms with E-state index in [1.54, 1.807) is 5.57 Å². The van der Waals surface area contributed by atoms with Crippen molar-refractivity contribution in [3.05, 3.63) is 11.6 Å². The molecule has 1 heteroatoms. The highest BCUT2D eigenvalue weighted by Gasteiger charge is 2.25. The van der Waals surface area contributed by atoms with Gasteiger partial charge in [-0.1, -0.05) is 25.5 Å². The fourth-order valence-corrected chi connectivity index (χ4v) is 2.36. The lowest BCUT2D eigenvalue weighted by molar-refractivity contribution is 0.117. The van der Waals surface area contributed by atoms with Crippen molar-refractivity contribution in [3.63, 3.8) is 0 Å². The summed E-state index contributed by atoms with van der Waals surface area (Å²) in [6.45, 7) is 4.00. The molecule has 0 spiro atoms. The lowest BCUT2D eigenvalue weighted by Gasteiger charge is -2.31. The van der Waals surface area contributed by atoms with Crippen LogP contribution in [-0.4, -0.2) is 11.2 Å². The molecule has 0 aromatic heterocycles. The van der Waals surface area contributed by atoms with Crippen molar-refractivity contribution in [2.75, 3.05) is 0 Å². The first-order chi connectivity index (χ1) is 6.36. The predicted octanol–water partition coefficient (Wildman–Crippen LogP) is 3.28. The van der Waals surface area contributed by atoms with Crippen LogP contribution in [0.3, 0.4) is 0 Å². The molecule has 0 radical (unpaired) electrons. The lowest BCUT2D eigenvalue weighted by atomic mass is 9.77. The molecule has 1 saturated carbocycles. The van der Waals surface area contributed by atoms with Crippen molar-refractivity contribution in [3.8, 4) is 0 Å². The topological polar surface area (TPSA) is 20.2 Å². The van der Waals surface area contributed by atoms with Crippen molar-refractivity contribution in [2.45, 2.75) is 58.5 Å². The molecule has 2 atom stereocenters. The molecule has 0 amide bonds. The van der Waals surface area contributed by atoms with Gasteiger partial charge in [-0.05, 0) is 44.4 Å². The minimum absolute atomic E-state index is 0.00440. The Labute approximate surface area is 81.9 Å². The van der Waals surface area contributed by atoms with Crippen LogP contribution in [0.4, 0.5) is 0 Å². The van der Waals surface area contributed by atoms with Crippen molar-refractivity contribution in [1.29, 1.82) is 0 Å². The molecule has 0 aromatic carbocycles. The fraction of sp³-hybridized carbons (Fsp3) is 0.833. The highest BCUT2D eigenvalue weighted by atomic mass is 16.3. The van der Waals surface area contributed by atoms with Gasteiger partial charge >= 0.3 is 0 Å². The second kappa shape index (κ2) is 5.43. The van der Waals surface area contributed by atoms with E-state index in [0.717, 1.165) is 25.2 Å². The molecule has 2 aliphatic rings. The summed E-state index contributed by atoms with van der Waals surface area (Å²) in [6, 6.07) is 0. The third kappa shape index (κ3) is 2.84. The zero-order chi connectivity index (χ0) is 9.68. The summed E-state index contributed by atoms with van der Waals surface area (Å²) in [6.07, 6.45) is 9.53.